The van der Waals surface area contributed by atoms with Crippen LogP contribution in [-0.4, -0.2) is 159 Å². The maximum absolute atomic E-state index is 4.46. The standard InChI is InChI=1S/4C13H14N6.5H2O/c4*1-18-8-7-14-12(18)9-15-19(2)13-16-10-5-3-4-6-11(10)17-13;;;;;/h4*3-9H,1-2H3,(H,16,17);5*1H2/b4*15-9+;;;;;. The lowest BCUT2D eigenvalue weighted by atomic mass is 10.3. The van der Waals surface area contributed by atoms with E-state index in [1.807, 2.05) is 196 Å². The maximum Gasteiger partial charge on any atom is 0.224 e. The molecule has 0 aliphatic rings. The maximum atomic E-state index is 4.46. The molecule has 4 aromatic carbocycles. The molecule has 12 aromatic rings. The fraction of sp³-hybridized carbons (Fsp3) is 0.154. The number of H-pyrrole nitrogens is 4. The van der Waals surface area contributed by atoms with E-state index in [1.165, 1.54) is 0 Å². The van der Waals surface area contributed by atoms with Crippen LogP contribution in [0.25, 0.3) is 44.1 Å². The van der Waals surface area contributed by atoms with Gasteiger partial charge in [0.25, 0.3) is 0 Å². The van der Waals surface area contributed by atoms with Crippen LogP contribution in [0.5, 0.6) is 0 Å². The van der Waals surface area contributed by atoms with Crippen molar-refractivity contribution >= 4 is 92.8 Å². The van der Waals surface area contributed by atoms with Crippen molar-refractivity contribution in [3.63, 3.8) is 0 Å². The van der Waals surface area contributed by atoms with Crippen LogP contribution in [0, 0.1) is 0 Å². The Balaban J connectivity index is 0.000000228. The minimum Gasteiger partial charge on any atom is -0.412 e. The molecule has 0 spiro atoms. The van der Waals surface area contributed by atoms with E-state index in [-0.39, 0.29) is 27.4 Å². The van der Waals surface area contributed by atoms with Crippen molar-refractivity contribution in [3.8, 4) is 0 Å². The first kappa shape index (κ1) is 62.8. The molecule has 0 saturated heterocycles. The Hall–Kier alpha value is -10.7. The van der Waals surface area contributed by atoms with Gasteiger partial charge in [0.2, 0.25) is 23.8 Å². The molecule has 8 heterocycles. The van der Waals surface area contributed by atoms with Crippen LogP contribution in [0.1, 0.15) is 23.3 Å². The Morgan fingerprint density at radius 1 is 0.333 bits per heavy atom. The van der Waals surface area contributed by atoms with Crippen LogP contribution in [0.3, 0.4) is 0 Å². The van der Waals surface area contributed by atoms with E-state index in [9.17, 15) is 0 Å². The van der Waals surface area contributed by atoms with Crippen LogP contribution in [0.4, 0.5) is 23.8 Å². The van der Waals surface area contributed by atoms with Gasteiger partial charge in [-0.2, -0.15) is 20.4 Å². The molecule has 81 heavy (non-hydrogen) atoms. The number of rotatable bonds is 12. The summed E-state index contributed by atoms with van der Waals surface area (Å²) >= 11 is 0. The van der Waals surface area contributed by atoms with Gasteiger partial charge < -0.3 is 65.6 Å². The molecule has 0 unspecified atom stereocenters. The van der Waals surface area contributed by atoms with Gasteiger partial charge in [-0.05, 0) is 48.5 Å². The SMILES string of the molecule is CN(/N=C/c1nccn1C)c1nc2ccccc2[nH]1.CN(/N=C/c1nccn1C)c1nc2ccccc2[nH]1.CN(/N=C/c1nccn1C)c1nc2ccccc2[nH]1.CN(/N=C/c1nccn1C)c1nc2ccccc2[nH]1.O.O.O.O.O. The molecule has 424 valence electrons. The summed E-state index contributed by atoms with van der Waals surface area (Å²) in [7, 11) is 15.1. The van der Waals surface area contributed by atoms with Crippen LogP contribution >= 0.6 is 0 Å². The number of hydrogen-bond acceptors (Lipinski definition) is 16. The van der Waals surface area contributed by atoms with Gasteiger partial charge in [-0.3, -0.25) is 0 Å². The zero-order chi connectivity index (χ0) is 53.0. The Morgan fingerprint density at radius 2 is 0.531 bits per heavy atom. The third-order valence-corrected chi connectivity index (χ3v) is 11.6. The number of nitrogens with zero attached hydrogens (tertiary/aromatic N) is 20. The lowest BCUT2D eigenvalue weighted by Gasteiger charge is -2.07. The highest BCUT2D eigenvalue weighted by atomic mass is 16.0. The molecule has 0 amide bonds. The Kier molecular flexibility index (Phi) is 22.6. The predicted molar refractivity (Wildman–Crippen MR) is 319 cm³/mol. The molecule has 12 rings (SSSR count). The highest BCUT2D eigenvalue weighted by Gasteiger charge is 2.10. The molecule has 0 fully saturated rings. The van der Waals surface area contributed by atoms with E-state index >= 15 is 0 Å². The van der Waals surface area contributed by atoms with E-state index in [2.05, 4.69) is 80.2 Å². The fourth-order valence-electron chi connectivity index (χ4n) is 7.15. The van der Waals surface area contributed by atoms with Crippen LogP contribution < -0.4 is 20.0 Å². The van der Waals surface area contributed by atoms with Crippen LogP contribution in [0.2, 0.25) is 0 Å². The lowest BCUT2D eigenvalue weighted by Crippen LogP contribution is -2.11. The van der Waals surface area contributed by atoms with Crippen molar-refractivity contribution in [1.29, 1.82) is 0 Å². The highest BCUT2D eigenvalue weighted by molar-refractivity contribution is 5.82. The van der Waals surface area contributed by atoms with Crippen molar-refractivity contribution < 1.29 is 27.4 Å². The van der Waals surface area contributed by atoms with Gasteiger partial charge in [0, 0.05) is 106 Å². The third kappa shape index (κ3) is 15.7. The smallest absolute Gasteiger partial charge is 0.224 e. The zero-order valence-electron chi connectivity index (χ0n) is 45.6. The molecule has 29 nitrogen and oxygen atoms in total. The summed E-state index contributed by atoms with van der Waals surface area (Å²) in [5.74, 6) is 5.98. The van der Waals surface area contributed by atoms with Crippen molar-refractivity contribution in [3.05, 3.63) is 170 Å². The summed E-state index contributed by atoms with van der Waals surface area (Å²) in [5.41, 5.74) is 7.70. The predicted octanol–water partition coefficient (Wildman–Crippen LogP) is 2.94. The average molecular weight is 1110 g/mol. The molecular formula is C52H66N24O5. The summed E-state index contributed by atoms with van der Waals surface area (Å²) in [4.78, 5) is 47.4. The molecule has 0 aliphatic carbocycles. The van der Waals surface area contributed by atoms with Crippen molar-refractivity contribution in [2.24, 2.45) is 48.6 Å². The van der Waals surface area contributed by atoms with Gasteiger partial charge in [-0.15, -0.1) is 0 Å². The molecule has 0 saturated carbocycles. The largest absolute Gasteiger partial charge is 0.412 e. The molecule has 29 heteroatoms. The number of aryl methyl sites for hydroxylation is 4. The van der Waals surface area contributed by atoms with Gasteiger partial charge >= 0.3 is 0 Å². The van der Waals surface area contributed by atoms with Crippen molar-refractivity contribution in [2.75, 3.05) is 48.2 Å². The Morgan fingerprint density at radius 3 is 0.704 bits per heavy atom. The van der Waals surface area contributed by atoms with E-state index in [4.69, 9.17) is 0 Å². The lowest BCUT2D eigenvalue weighted by molar-refractivity contribution is 0.823. The molecule has 0 radical (unpaired) electrons. The minimum atomic E-state index is 0. The summed E-state index contributed by atoms with van der Waals surface area (Å²) in [6, 6.07) is 31.6. The molecule has 14 N–H and O–H groups in total. The fourth-order valence-corrected chi connectivity index (χ4v) is 7.15. The van der Waals surface area contributed by atoms with E-state index < -0.39 is 0 Å². The van der Waals surface area contributed by atoms with Gasteiger partial charge in [-0.1, -0.05) is 48.5 Å². The first-order valence-corrected chi connectivity index (χ1v) is 23.7. The van der Waals surface area contributed by atoms with Crippen LogP contribution in [-0.2, 0) is 28.2 Å². The van der Waals surface area contributed by atoms with Crippen LogP contribution in [0.15, 0.2) is 167 Å². The van der Waals surface area contributed by atoms with E-state index in [0.717, 1.165) is 67.4 Å². The van der Waals surface area contributed by atoms with E-state index in [0.29, 0.717) is 23.8 Å². The summed E-state index contributed by atoms with van der Waals surface area (Å²) < 4.78 is 7.60. The number of imidazole rings is 8. The summed E-state index contributed by atoms with van der Waals surface area (Å²) in [5, 5.41) is 24.1. The van der Waals surface area contributed by atoms with Crippen molar-refractivity contribution in [1.82, 2.24) is 78.1 Å². The molecule has 8 aromatic heterocycles. The second kappa shape index (κ2) is 29.1. The number of aromatic nitrogens is 16. The number of benzene rings is 4. The number of anilines is 4. The second-order valence-electron chi connectivity index (χ2n) is 17.0. The van der Waals surface area contributed by atoms with Gasteiger partial charge in [0.1, 0.15) is 0 Å². The average Bonchev–Trinajstić information content (AvgIpc) is 4.31. The number of nitrogens with one attached hydrogen (secondary N) is 4. The topological polar surface area (TPSA) is 406 Å². The molecular weight excluding hydrogens is 1040 g/mol. The monoisotopic (exact) mass is 1110 g/mol. The summed E-state index contributed by atoms with van der Waals surface area (Å²) in [6.45, 7) is 0. The normalized spacial score (nSPS) is 10.8. The number of hydrazone groups is 4. The van der Waals surface area contributed by atoms with Gasteiger partial charge in [0.15, 0.2) is 23.3 Å². The van der Waals surface area contributed by atoms with Gasteiger partial charge in [0.05, 0.1) is 69.0 Å². The number of para-hydroxylation sites is 8. The molecule has 0 atom stereocenters. The first-order chi connectivity index (χ1) is 36.9. The molecule has 0 aliphatic heterocycles. The highest BCUT2D eigenvalue weighted by Crippen LogP contribution is 2.19. The molecule has 0 bridgehead atoms. The minimum absolute atomic E-state index is 0. The quantitative estimate of drug-likeness (QED) is 0.101. The number of fused-ring (bicyclic) bond motifs is 4. The van der Waals surface area contributed by atoms with Gasteiger partial charge in [-0.25, -0.2) is 59.9 Å². The Labute approximate surface area is 463 Å². The second-order valence-corrected chi connectivity index (χ2v) is 17.0. The van der Waals surface area contributed by atoms with Crippen molar-refractivity contribution in [2.45, 2.75) is 0 Å². The third-order valence-electron chi connectivity index (χ3n) is 11.6. The Bertz CT molecular complexity index is 3290. The zero-order valence-corrected chi connectivity index (χ0v) is 45.6. The first-order valence-electron chi connectivity index (χ1n) is 23.7. The summed E-state index contributed by atoms with van der Waals surface area (Å²) in [6.07, 6.45) is 21.3. The van der Waals surface area contributed by atoms with E-state index in [1.54, 1.807) is 69.7 Å². The number of aromatic amines is 4. The number of hydrogen-bond donors (Lipinski definition) is 4.